The van der Waals surface area contributed by atoms with Crippen LogP contribution in [0.4, 0.5) is 5.69 Å². The number of ether oxygens (including phenoxy) is 1. The first-order valence-corrected chi connectivity index (χ1v) is 16.3. The maximum absolute atomic E-state index is 14.3. The average Bonchev–Trinajstić information content (AvgIpc) is 3.60. The standard InChI is InChI=1S/C33H45ClN4O4/c1-20-12-17-37(18-13-20)15-6-16-38-29(31(40)36-25-10-4-7-21(2)22(25)3)33-14-11-26(42-33)27(28(33)32(38)41)30(39)35-24-9-5-8-23(34)19-24/h5,8-9,11,14,19-22,25-29H,4,6-7,10,12-13,15-18H2,1-3H3,(H,35,39)(H,36,40). The fourth-order valence-corrected chi connectivity index (χ4v) is 8.29. The fourth-order valence-electron chi connectivity index (χ4n) is 8.10. The smallest absolute Gasteiger partial charge is 0.246 e. The van der Waals surface area contributed by atoms with E-state index in [2.05, 4.69) is 36.3 Å². The highest BCUT2D eigenvalue weighted by atomic mass is 35.5. The summed E-state index contributed by atoms with van der Waals surface area (Å²) in [5.41, 5.74) is -0.576. The van der Waals surface area contributed by atoms with Gasteiger partial charge in [0.25, 0.3) is 0 Å². The zero-order chi connectivity index (χ0) is 29.6. The van der Waals surface area contributed by atoms with Crippen LogP contribution in [0.15, 0.2) is 36.4 Å². The Morgan fingerprint density at radius 1 is 1.07 bits per heavy atom. The number of carbonyl (C=O) groups is 3. The van der Waals surface area contributed by atoms with Crippen LogP contribution in [0.25, 0.3) is 0 Å². The number of rotatable bonds is 8. The molecule has 3 saturated heterocycles. The number of halogens is 1. The molecule has 8 atom stereocenters. The SMILES string of the molecule is CC1CCN(CCCN2C(=O)C3C(C(=O)Nc4cccc(Cl)c4)C4C=CC3(O4)C2C(=O)NC2CCCC(C)C2C)CC1. The number of amides is 3. The van der Waals surface area contributed by atoms with E-state index in [1.54, 1.807) is 29.2 Å². The second kappa shape index (κ2) is 11.9. The lowest BCUT2D eigenvalue weighted by molar-refractivity contribution is -0.141. The quantitative estimate of drug-likeness (QED) is 0.432. The minimum absolute atomic E-state index is 0.0634. The van der Waals surface area contributed by atoms with Gasteiger partial charge in [-0.3, -0.25) is 14.4 Å². The summed E-state index contributed by atoms with van der Waals surface area (Å²) in [7, 11) is 0. The molecule has 1 aromatic rings. The van der Waals surface area contributed by atoms with Gasteiger partial charge in [-0.05, 0) is 81.3 Å². The third kappa shape index (κ3) is 5.39. The molecule has 9 heteroatoms. The van der Waals surface area contributed by atoms with E-state index in [1.165, 1.54) is 19.3 Å². The molecule has 4 heterocycles. The minimum atomic E-state index is -1.15. The molecule has 0 aromatic heterocycles. The van der Waals surface area contributed by atoms with E-state index in [0.29, 0.717) is 29.1 Å². The molecule has 1 spiro atoms. The first-order valence-electron chi connectivity index (χ1n) is 15.9. The lowest BCUT2D eigenvalue weighted by Gasteiger charge is -2.38. The van der Waals surface area contributed by atoms with Crippen LogP contribution < -0.4 is 10.6 Å². The predicted molar refractivity (Wildman–Crippen MR) is 163 cm³/mol. The maximum atomic E-state index is 14.3. The maximum Gasteiger partial charge on any atom is 0.246 e. The van der Waals surface area contributed by atoms with E-state index in [1.807, 2.05) is 12.2 Å². The first kappa shape index (κ1) is 29.6. The molecule has 1 aromatic carbocycles. The van der Waals surface area contributed by atoms with Gasteiger partial charge in [-0.2, -0.15) is 0 Å². The number of nitrogens with one attached hydrogen (secondary N) is 2. The Labute approximate surface area is 254 Å². The molecule has 2 N–H and O–H groups in total. The van der Waals surface area contributed by atoms with Gasteiger partial charge in [0.05, 0.1) is 17.9 Å². The second-order valence-electron chi connectivity index (χ2n) is 13.5. The third-order valence-corrected chi connectivity index (χ3v) is 11.0. The van der Waals surface area contributed by atoms with Crippen molar-refractivity contribution in [1.82, 2.24) is 15.1 Å². The van der Waals surface area contributed by atoms with Crippen LogP contribution >= 0.6 is 11.6 Å². The van der Waals surface area contributed by atoms with Crippen molar-refractivity contribution in [2.75, 3.05) is 31.5 Å². The van der Waals surface area contributed by atoms with E-state index in [-0.39, 0.29) is 23.8 Å². The summed E-state index contributed by atoms with van der Waals surface area (Å²) in [6, 6.07) is 6.24. The van der Waals surface area contributed by atoms with Gasteiger partial charge in [0.1, 0.15) is 11.6 Å². The number of hydrogen-bond acceptors (Lipinski definition) is 5. The van der Waals surface area contributed by atoms with E-state index in [4.69, 9.17) is 16.3 Å². The van der Waals surface area contributed by atoms with Gasteiger partial charge in [-0.15, -0.1) is 0 Å². The highest BCUT2D eigenvalue weighted by Gasteiger charge is 2.72. The number of anilines is 1. The molecule has 8 unspecified atom stereocenters. The van der Waals surface area contributed by atoms with Crippen LogP contribution in [0.5, 0.6) is 0 Å². The van der Waals surface area contributed by atoms with E-state index >= 15 is 0 Å². The molecule has 228 valence electrons. The van der Waals surface area contributed by atoms with Crippen molar-refractivity contribution in [3.8, 4) is 0 Å². The predicted octanol–water partition coefficient (Wildman–Crippen LogP) is 4.49. The largest absolute Gasteiger partial charge is 0.359 e. The van der Waals surface area contributed by atoms with Crippen molar-refractivity contribution in [2.45, 2.75) is 83.1 Å². The highest BCUT2D eigenvalue weighted by molar-refractivity contribution is 6.30. The van der Waals surface area contributed by atoms with Gasteiger partial charge in [-0.25, -0.2) is 0 Å². The number of nitrogens with zero attached hydrogens (tertiary/aromatic N) is 2. The van der Waals surface area contributed by atoms with Crippen LogP contribution in [0, 0.1) is 29.6 Å². The van der Waals surface area contributed by atoms with Crippen LogP contribution in [-0.4, -0.2) is 77.5 Å². The molecule has 42 heavy (non-hydrogen) atoms. The zero-order valence-electron chi connectivity index (χ0n) is 25.1. The van der Waals surface area contributed by atoms with Crippen LogP contribution in [0.3, 0.4) is 0 Å². The molecule has 4 aliphatic heterocycles. The molecule has 1 aliphatic carbocycles. The van der Waals surface area contributed by atoms with Gasteiger partial charge in [0.15, 0.2) is 0 Å². The van der Waals surface area contributed by atoms with E-state index < -0.39 is 29.6 Å². The summed E-state index contributed by atoms with van der Waals surface area (Å²) in [6.07, 6.45) is 9.56. The van der Waals surface area contributed by atoms with Crippen molar-refractivity contribution in [3.63, 3.8) is 0 Å². The topological polar surface area (TPSA) is 91.0 Å². The third-order valence-electron chi connectivity index (χ3n) is 10.8. The monoisotopic (exact) mass is 596 g/mol. The number of hydrogen-bond donors (Lipinski definition) is 2. The number of piperidine rings is 1. The van der Waals surface area contributed by atoms with Gasteiger partial charge in [0.2, 0.25) is 17.7 Å². The number of fused-ring (bicyclic) bond motifs is 1. The van der Waals surface area contributed by atoms with Crippen LogP contribution in [0.1, 0.15) is 59.3 Å². The molecular weight excluding hydrogens is 552 g/mol. The summed E-state index contributed by atoms with van der Waals surface area (Å²) >= 11 is 6.15. The molecule has 0 radical (unpaired) electrons. The summed E-state index contributed by atoms with van der Waals surface area (Å²) < 4.78 is 6.53. The van der Waals surface area contributed by atoms with Crippen molar-refractivity contribution >= 4 is 35.0 Å². The van der Waals surface area contributed by atoms with E-state index in [0.717, 1.165) is 44.8 Å². The number of likely N-dealkylation sites (tertiary alicyclic amines) is 2. The lowest BCUT2D eigenvalue weighted by atomic mass is 9.73. The Morgan fingerprint density at radius 3 is 2.62 bits per heavy atom. The summed E-state index contributed by atoms with van der Waals surface area (Å²) in [6.45, 7) is 10.3. The Balaban J connectivity index is 1.24. The molecule has 4 fully saturated rings. The summed E-state index contributed by atoms with van der Waals surface area (Å²) in [5, 5.41) is 6.81. The second-order valence-corrected chi connectivity index (χ2v) is 13.9. The van der Waals surface area contributed by atoms with Gasteiger partial charge in [-0.1, -0.05) is 63.4 Å². The molecule has 5 aliphatic rings. The molecule has 1 saturated carbocycles. The summed E-state index contributed by atoms with van der Waals surface area (Å²) in [5.74, 6) is -0.440. The Kier molecular flexibility index (Phi) is 8.42. The van der Waals surface area contributed by atoms with Crippen molar-refractivity contribution < 1.29 is 19.1 Å². The lowest BCUT2D eigenvalue weighted by Crippen LogP contribution is -2.58. The normalized spacial score (nSPS) is 36.3. The van der Waals surface area contributed by atoms with E-state index in [9.17, 15) is 14.4 Å². The Hall–Kier alpha value is -2.42. The Morgan fingerprint density at radius 2 is 1.86 bits per heavy atom. The fraction of sp³-hybridized carbons (Fsp3) is 0.667. The van der Waals surface area contributed by atoms with Crippen LogP contribution in [0.2, 0.25) is 5.02 Å². The number of benzene rings is 1. The van der Waals surface area contributed by atoms with Gasteiger partial charge in [0, 0.05) is 23.3 Å². The molecular formula is C33H45ClN4O4. The van der Waals surface area contributed by atoms with Gasteiger partial charge < -0.3 is 25.2 Å². The van der Waals surface area contributed by atoms with Crippen molar-refractivity contribution in [3.05, 3.63) is 41.4 Å². The van der Waals surface area contributed by atoms with Crippen LogP contribution in [-0.2, 0) is 19.1 Å². The minimum Gasteiger partial charge on any atom is -0.359 e. The Bertz CT molecular complexity index is 1230. The zero-order valence-corrected chi connectivity index (χ0v) is 25.8. The molecule has 2 bridgehead atoms. The summed E-state index contributed by atoms with van der Waals surface area (Å²) in [4.78, 5) is 46.3. The molecule has 3 amide bonds. The van der Waals surface area contributed by atoms with Crippen molar-refractivity contribution in [2.24, 2.45) is 29.6 Å². The van der Waals surface area contributed by atoms with Gasteiger partial charge >= 0.3 is 0 Å². The molecule has 6 rings (SSSR count). The molecule has 8 nitrogen and oxygen atoms in total. The highest BCUT2D eigenvalue weighted by Crippen LogP contribution is 2.55. The first-order chi connectivity index (χ1) is 20.2. The average molecular weight is 597 g/mol. The number of carbonyl (C=O) groups excluding carboxylic acids is 3. The van der Waals surface area contributed by atoms with Crippen molar-refractivity contribution in [1.29, 1.82) is 0 Å².